The van der Waals surface area contributed by atoms with Gasteiger partial charge in [0.15, 0.2) is 0 Å². The number of halogens is 1. The molecule has 2 unspecified atom stereocenters. The summed E-state index contributed by atoms with van der Waals surface area (Å²) in [5, 5.41) is 0. The molecule has 0 aliphatic rings. The largest absolute Gasteiger partial charge is 0.472 e. The van der Waals surface area contributed by atoms with Crippen LogP contribution in [-0.4, -0.2) is 30.4 Å². The highest BCUT2D eigenvalue weighted by Gasteiger charge is 2.07. The Balaban J connectivity index is 1.56. The van der Waals surface area contributed by atoms with Crippen LogP contribution in [0.1, 0.15) is 25.8 Å². The summed E-state index contributed by atoms with van der Waals surface area (Å²) in [6.07, 6.45) is 0.967. The van der Waals surface area contributed by atoms with Gasteiger partial charge in [-0.25, -0.2) is 4.98 Å². The normalized spacial score (nSPS) is 13.5. The first-order chi connectivity index (χ1) is 11.6. The standard InChI is InChI=1S/C19H24BrNO3/c1-15(23-14-17-7-4-3-5-8-17)11-12-22-13-16(2)24-19-10-6-9-18(20)21-19/h3-10,15-16H,11-14H2,1-2H3. The molecule has 0 aliphatic heterocycles. The third kappa shape index (κ3) is 7.43. The summed E-state index contributed by atoms with van der Waals surface area (Å²) in [7, 11) is 0. The fourth-order valence-corrected chi connectivity index (χ4v) is 2.42. The molecule has 130 valence electrons. The predicted molar refractivity (Wildman–Crippen MR) is 98.2 cm³/mol. The van der Waals surface area contributed by atoms with Gasteiger partial charge in [0, 0.05) is 12.7 Å². The number of hydrogen-bond acceptors (Lipinski definition) is 4. The summed E-state index contributed by atoms with van der Waals surface area (Å²) in [6.45, 7) is 5.85. The molecule has 0 saturated heterocycles. The van der Waals surface area contributed by atoms with E-state index in [0.29, 0.717) is 25.7 Å². The average Bonchev–Trinajstić information content (AvgIpc) is 2.58. The lowest BCUT2D eigenvalue weighted by atomic mass is 10.2. The molecule has 0 saturated carbocycles. The second-order valence-electron chi connectivity index (χ2n) is 5.70. The van der Waals surface area contributed by atoms with E-state index < -0.39 is 0 Å². The van der Waals surface area contributed by atoms with Crippen molar-refractivity contribution in [3.63, 3.8) is 0 Å². The van der Waals surface area contributed by atoms with Gasteiger partial charge < -0.3 is 14.2 Å². The highest BCUT2D eigenvalue weighted by Crippen LogP contribution is 2.13. The van der Waals surface area contributed by atoms with Crippen LogP contribution >= 0.6 is 15.9 Å². The fourth-order valence-electron chi connectivity index (χ4n) is 2.09. The number of aromatic nitrogens is 1. The molecule has 0 fully saturated rings. The molecule has 24 heavy (non-hydrogen) atoms. The van der Waals surface area contributed by atoms with Crippen molar-refractivity contribution >= 4 is 15.9 Å². The zero-order valence-corrected chi connectivity index (χ0v) is 15.7. The van der Waals surface area contributed by atoms with E-state index in [-0.39, 0.29) is 12.2 Å². The van der Waals surface area contributed by atoms with Gasteiger partial charge in [0.2, 0.25) is 5.88 Å². The fraction of sp³-hybridized carbons (Fsp3) is 0.421. The van der Waals surface area contributed by atoms with Gasteiger partial charge in [-0.05, 0) is 47.8 Å². The monoisotopic (exact) mass is 393 g/mol. The van der Waals surface area contributed by atoms with Gasteiger partial charge in [-0.15, -0.1) is 0 Å². The van der Waals surface area contributed by atoms with E-state index >= 15 is 0 Å². The van der Waals surface area contributed by atoms with Crippen molar-refractivity contribution in [2.45, 2.75) is 39.1 Å². The molecule has 1 heterocycles. The molecule has 4 nitrogen and oxygen atoms in total. The van der Waals surface area contributed by atoms with E-state index in [2.05, 4.69) is 40.0 Å². The van der Waals surface area contributed by atoms with Gasteiger partial charge in [-0.2, -0.15) is 0 Å². The molecule has 0 N–H and O–H groups in total. The molecule has 1 aromatic carbocycles. The Labute approximate surface area is 152 Å². The number of benzene rings is 1. The van der Waals surface area contributed by atoms with Crippen LogP contribution in [0.15, 0.2) is 53.1 Å². The average molecular weight is 394 g/mol. The Morgan fingerprint density at radius 1 is 1.00 bits per heavy atom. The molecule has 5 heteroatoms. The maximum Gasteiger partial charge on any atom is 0.214 e. The topological polar surface area (TPSA) is 40.6 Å². The second-order valence-corrected chi connectivity index (χ2v) is 6.51. The molecule has 0 spiro atoms. The van der Waals surface area contributed by atoms with Crippen molar-refractivity contribution in [2.75, 3.05) is 13.2 Å². The molecular formula is C19H24BrNO3. The molecule has 2 aromatic rings. The summed E-state index contributed by atoms with van der Waals surface area (Å²) >= 11 is 3.33. The summed E-state index contributed by atoms with van der Waals surface area (Å²) in [5.74, 6) is 0.597. The molecule has 2 rings (SSSR count). The van der Waals surface area contributed by atoms with Gasteiger partial charge in [-0.1, -0.05) is 36.4 Å². The summed E-state index contributed by atoms with van der Waals surface area (Å²) in [5.41, 5.74) is 1.19. The highest BCUT2D eigenvalue weighted by atomic mass is 79.9. The van der Waals surface area contributed by atoms with Crippen molar-refractivity contribution in [1.29, 1.82) is 0 Å². The quantitative estimate of drug-likeness (QED) is 0.436. The van der Waals surface area contributed by atoms with Crippen LogP contribution in [0.25, 0.3) is 0 Å². The SMILES string of the molecule is CC(CCOCC(C)Oc1cccc(Br)n1)OCc1ccccc1. The summed E-state index contributed by atoms with van der Waals surface area (Å²) < 4.78 is 18.0. The van der Waals surface area contributed by atoms with Crippen LogP contribution in [-0.2, 0) is 16.1 Å². The first-order valence-electron chi connectivity index (χ1n) is 8.16. The Morgan fingerprint density at radius 3 is 2.54 bits per heavy atom. The van der Waals surface area contributed by atoms with Crippen LogP contribution < -0.4 is 4.74 Å². The predicted octanol–water partition coefficient (Wildman–Crippen LogP) is 4.62. The Hall–Kier alpha value is -1.43. The summed E-state index contributed by atoms with van der Waals surface area (Å²) in [6, 6.07) is 15.8. The first kappa shape index (κ1) is 18.9. The van der Waals surface area contributed by atoms with Gasteiger partial charge in [0.05, 0.1) is 19.3 Å². The van der Waals surface area contributed by atoms with E-state index in [9.17, 15) is 0 Å². The number of hydrogen-bond donors (Lipinski definition) is 0. The van der Waals surface area contributed by atoms with Gasteiger partial charge in [-0.3, -0.25) is 0 Å². The van der Waals surface area contributed by atoms with Crippen molar-refractivity contribution in [3.8, 4) is 5.88 Å². The smallest absolute Gasteiger partial charge is 0.214 e. The molecule has 0 radical (unpaired) electrons. The van der Waals surface area contributed by atoms with Crippen molar-refractivity contribution in [1.82, 2.24) is 4.98 Å². The van der Waals surface area contributed by atoms with Crippen molar-refractivity contribution in [3.05, 3.63) is 58.7 Å². The molecule has 2 atom stereocenters. The molecular weight excluding hydrogens is 370 g/mol. The van der Waals surface area contributed by atoms with Crippen LogP contribution in [0.5, 0.6) is 5.88 Å². The van der Waals surface area contributed by atoms with Gasteiger partial charge in [0.1, 0.15) is 10.7 Å². The minimum atomic E-state index is -0.0488. The molecule has 1 aromatic heterocycles. The zero-order valence-electron chi connectivity index (χ0n) is 14.2. The molecule has 0 amide bonds. The molecule has 0 aliphatic carbocycles. The van der Waals surface area contributed by atoms with Crippen molar-refractivity contribution < 1.29 is 14.2 Å². The number of nitrogens with zero attached hydrogens (tertiary/aromatic N) is 1. The third-order valence-electron chi connectivity index (χ3n) is 3.41. The lowest BCUT2D eigenvalue weighted by molar-refractivity contribution is 0.00679. The van der Waals surface area contributed by atoms with Gasteiger partial charge >= 0.3 is 0 Å². The Kier molecular flexibility index (Phi) is 8.22. The third-order valence-corrected chi connectivity index (χ3v) is 3.85. The minimum Gasteiger partial charge on any atom is -0.472 e. The van der Waals surface area contributed by atoms with E-state index in [1.54, 1.807) is 0 Å². The Morgan fingerprint density at radius 2 is 1.79 bits per heavy atom. The van der Waals surface area contributed by atoms with Gasteiger partial charge in [0.25, 0.3) is 0 Å². The van der Waals surface area contributed by atoms with E-state index in [4.69, 9.17) is 14.2 Å². The van der Waals surface area contributed by atoms with E-state index in [0.717, 1.165) is 11.0 Å². The maximum absolute atomic E-state index is 5.82. The van der Waals surface area contributed by atoms with E-state index in [1.807, 2.05) is 43.3 Å². The number of rotatable bonds is 10. The Bertz CT molecular complexity index is 594. The van der Waals surface area contributed by atoms with Crippen LogP contribution in [0.4, 0.5) is 0 Å². The second kappa shape index (κ2) is 10.4. The van der Waals surface area contributed by atoms with Crippen LogP contribution in [0.3, 0.4) is 0 Å². The maximum atomic E-state index is 5.82. The minimum absolute atomic E-state index is 0.0488. The lowest BCUT2D eigenvalue weighted by Gasteiger charge is -2.16. The lowest BCUT2D eigenvalue weighted by Crippen LogP contribution is -2.21. The zero-order chi connectivity index (χ0) is 17.2. The number of ether oxygens (including phenoxy) is 3. The van der Waals surface area contributed by atoms with Crippen LogP contribution in [0, 0.1) is 0 Å². The van der Waals surface area contributed by atoms with Crippen molar-refractivity contribution in [2.24, 2.45) is 0 Å². The van der Waals surface area contributed by atoms with Crippen LogP contribution in [0.2, 0.25) is 0 Å². The van der Waals surface area contributed by atoms with E-state index in [1.165, 1.54) is 5.56 Å². The first-order valence-corrected chi connectivity index (χ1v) is 8.95. The number of pyridine rings is 1. The summed E-state index contributed by atoms with van der Waals surface area (Å²) in [4.78, 5) is 4.24. The highest BCUT2D eigenvalue weighted by molar-refractivity contribution is 9.10. The molecule has 0 bridgehead atoms.